The molecule has 1 N–H and O–H groups in total. The molecule has 0 aliphatic heterocycles. The van der Waals surface area contributed by atoms with Crippen LogP contribution in [0.1, 0.15) is 39.7 Å². The minimum atomic E-state index is -0.0383. The zero-order chi connectivity index (χ0) is 11.3. The van der Waals surface area contributed by atoms with Crippen molar-refractivity contribution in [3.05, 3.63) is 22.7 Å². The van der Waals surface area contributed by atoms with Gasteiger partial charge in [0.05, 0.1) is 0 Å². The standard InChI is InChI=1S/C11H19N3O/c1-4-5-6-12-10-11(15)14(9(2)3)8-7-13-10/h7-9H,4-6H2,1-3H3,(H,12,13). The molecule has 1 heterocycles. The molecule has 0 fully saturated rings. The van der Waals surface area contributed by atoms with Gasteiger partial charge in [0.1, 0.15) is 0 Å². The highest BCUT2D eigenvalue weighted by molar-refractivity contribution is 5.30. The monoisotopic (exact) mass is 209 g/mol. The molecule has 0 bridgehead atoms. The number of nitrogens with one attached hydrogen (secondary N) is 1. The van der Waals surface area contributed by atoms with Crippen molar-refractivity contribution in [2.45, 2.75) is 39.7 Å². The van der Waals surface area contributed by atoms with Gasteiger partial charge in [-0.05, 0) is 20.3 Å². The van der Waals surface area contributed by atoms with Crippen molar-refractivity contribution >= 4 is 5.82 Å². The summed E-state index contributed by atoms with van der Waals surface area (Å²) in [5.41, 5.74) is -0.0383. The molecule has 0 aliphatic rings. The first kappa shape index (κ1) is 11.8. The van der Waals surface area contributed by atoms with Crippen LogP contribution in [0.4, 0.5) is 5.82 Å². The maximum atomic E-state index is 11.8. The SMILES string of the molecule is CCCCNc1nccn(C(C)C)c1=O. The van der Waals surface area contributed by atoms with Crippen molar-refractivity contribution < 1.29 is 0 Å². The van der Waals surface area contributed by atoms with E-state index >= 15 is 0 Å². The third-order valence-electron chi connectivity index (χ3n) is 2.25. The van der Waals surface area contributed by atoms with Gasteiger partial charge in [-0.15, -0.1) is 0 Å². The quantitative estimate of drug-likeness (QED) is 0.755. The lowest BCUT2D eigenvalue weighted by Gasteiger charge is -2.11. The van der Waals surface area contributed by atoms with Crippen LogP contribution in [0.2, 0.25) is 0 Å². The van der Waals surface area contributed by atoms with Gasteiger partial charge in [0.2, 0.25) is 0 Å². The summed E-state index contributed by atoms with van der Waals surface area (Å²) in [6.45, 7) is 6.89. The molecule has 0 amide bonds. The summed E-state index contributed by atoms with van der Waals surface area (Å²) in [6, 6.07) is 0.173. The topological polar surface area (TPSA) is 46.9 Å². The molecular formula is C11H19N3O. The van der Waals surface area contributed by atoms with E-state index in [2.05, 4.69) is 17.2 Å². The highest BCUT2D eigenvalue weighted by atomic mass is 16.1. The normalized spacial score (nSPS) is 10.7. The van der Waals surface area contributed by atoms with E-state index in [0.717, 1.165) is 19.4 Å². The average molecular weight is 209 g/mol. The Bertz CT molecular complexity index is 357. The Morgan fingerprint density at radius 3 is 2.87 bits per heavy atom. The first-order chi connectivity index (χ1) is 7.16. The lowest BCUT2D eigenvalue weighted by molar-refractivity contribution is 0.575. The van der Waals surface area contributed by atoms with E-state index in [-0.39, 0.29) is 11.6 Å². The van der Waals surface area contributed by atoms with Gasteiger partial charge in [-0.2, -0.15) is 0 Å². The third-order valence-corrected chi connectivity index (χ3v) is 2.25. The molecule has 0 aromatic carbocycles. The minimum absolute atomic E-state index is 0.0383. The van der Waals surface area contributed by atoms with Crippen molar-refractivity contribution in [1.29, 1.82) is 0 Å². The maximum Gasteiger partial charge on any atom is 0.293 e. The van der Waals surface area contributed by atoms with E-state index in [0.29, 0.717) is 5.82 Å². The van der Waals surface area contributed by atoms with Gasteiger partial charge in [0.25, 0.3) is 5.56 Å². The van der Waals surface area contributed by atoms with Crippen LogP contribution in [0, 0.1) is 0 Å². The van der Waals surface area contributed by atoms with Gasteiger partial charge in [-0.25, -0.2) is 4.98 Å². The van der Waals surface area contributed by atoms with E-state index in [1.54, 1.807) is 17.0 Å². The fraction of sp³-hybridized carbons (Fsp3) is 0.636. The van der Waals surface area contributed by atoms with Crippen LogP contribution in [-0.4, -0.2) is 16.1 Å². The summed E-state index contributed by atoms with van der Waals surface area (Å²) in [6.07, 6.45) is 5.55. The number of anilines is 1. The summed E-state index contributed by atoms with van der Waals surface area (Å²) >= 11 is 0. The molecule has 0 spiro atoms. The molecule has 0 radical (unpaired) electrons. The Kier molecular flexibility index (Phi) is 4.34. The first-order valence-electron chi connectivity index (χ1n) is 5.47. The number of hydrogen-bond donors (Lipinski definition) is 1. The van der Waals surface area contributed by atoms with Gasteiger partial charge in [0, 0.05) is 25.0 Å². The van der Waals surface area contributed by atoms with Gasteiger partial charge in [-0.3, -0.25) is 4.79 Å². The van der Waals surface area contributed by atoms with E-state index in [4.69, 9.17) is 0 Å². The summed E-state index contributed by atoms with van der Waals surface area (Å²) in [7, 11) is 0. The minimum Gasteiger partial charge on any atom is -0.365 e. The average Bonchev–Trinajstić information content (AvgIpc) is 2.20. The molecule has 1 aromatic rings. The van der Waals surface area contributed by atoms with E-state index in [1.165, 1.54) is 0 Å². The van der Waals surface area contributed by atoms with Crippen LogP contribution in [0.3, 0.4) is 0 Å². The maximum absolute atomic E-state index is 11.8. The Hall–Kier alpha value is -1.32. The molecule has 4 heteroatoms. The van der Waals surface area contributed by atoms with Crippen LogP contribution < -0.4 is 10.9 Å². The van der Waals surface area contributed by atoms with Crippen LogP contribution >= 0.6 is 0 Å². The second kappa shape index (κ2) is 5.53. The molecule has 0 saturated heterocycles. The fourth-order valence-electron chi connectivity index (χ4n) is 1.34. The van der Waals surface area contributed by atoms with Crippen molar-refractivity contribution in [1.82, 2.24) is 9.55 Å². The summed E-state index contributed by atoms with van der Waals surface area (Å²) in [4.78, 5) is 15.9. The Balaban J connectivity index is 2.81. The highest BCUT2D eigenvalue weighted by Crippen LogP contribution is 2.01. The molecule has 4 nitrogen and oxygen atoms in total. The molecule has 1 aromatic heterocycles. The number of hydrogen-bond acceptors (Lipinski definition) is 3. The van der Waals surface area contributed by atoms with Gasteiger partial charge >= 0.3 is 0 Å². The predicted octanol–water partition coefficient (Wildman–Crippen LogP) is 2.04. The zero-order valence-electron chi connectivity index (χ0n) is 9.66. The number of nitrogens with zero attached hydrogens (tertiary/aromatic N) is 2. The Labute approximate surface area is 90.3 Å². The predicted molar refractivity (Wildman–Crippen MR) is 62.3 cm³/mol. The fourth-order valence-corrected chi connectivity index (χ4v) is 1.34. The molecule has 0 aliphatic carbocycles. The Morgan fingerprint density at radius 2 is 2.27 bits per heavy atom. The smallest absolute Gasteiger partial charge is 0.293 e. The van der Waals surface area contributed by atoms with Crippen molar-refractivity contribution in [3.63, 3.8) is 0 Å². The van der Waals surface area contributed by atoms with E-state index < -0.39 is 0 Å². The molecule has 15 heavy (non-hydrogen) atoms. The summed E-state index contributed by atoms with van der Waals surface area (Å²) < 4.78 is 1.68. The van der Waals surface area contributed by atoms with Gasteiger partial charge < -0.3 is 9.88 Å². The van der Waals surface area contributed by atoms with Crippen molar-refractivity contribution in [2.75, 3.05) is 11.9 Å². The van der Waals surface area contributed by atoms with Crippen LogP contribution in [-0.2, 0) is 0 Å². The number of unbranched alkanes of at least 4 members (excludes halogenated alkanes) is 1. The molecule has 1 rings (SSSR count). The number of aromatic nitrogens is 2. The van der Waals surface area contributed by atoms with Gasteiger partial charge in [-0.1, -0.05) is 13.3 Å². The molecule has 84 valence electrons. The largest absolute Gasteiger partial charge is 0.365 e. The molecule has 0 saturated carbocycles. The molecule has 0 atom stereocenters. The van der Waals surface area contributed by atoms with Gasteiger partial charge in [0.15, 0.2) is 5.82 Å². The van der Waals surface area contributed by atoms with Crippen molar-refractivity contribution in [3.8, 4) is 0 Å². The summed E-state index contributed by atoms with van der Waals surface area (Å²) in [5, 5.41) is 3.06. The van der Waals surface area contributed by atoms with Crippen LogP contribution in [0.5, 0.6) is 0 Å². The number of rotatable bonds is 5. The lowest BCUT2D eigenvalue weighted by Crippen LogP contribution is -2.25. The second-order valence-electron chi connectivity index (χ2n) is 3.86. The highest BCUT2D eigenvalue weighted by Gasteiger charge is 2.05. The zero-order valence-corrected chi connectivity index (χ0v) is 9.66. The van der Waals surface area contributed by atoms with Crippen LogP contribution in [0.15, 0.2) is 17.2 Å². The summed E-state index contributed by atoms with van der Waals surface area (Å²) in [5.74, 6) is 0.458. The molecular weight excluding hydrogens is 190 g/mol. The first-order valence-corrected chi connectivity index (χ1v) is 5.47. The Morgan fingerprint density at radius 1 is 1.53 bits per heavy atom. The van der Waals surface area contributed by atoms with E-state index in [1.807, 2.05) is 13.8 Å². The third kappa shape index (κ3) is 3.08. The van der Waals surface area contributed by atoms with E-state index in [9.17, 15) is 4.79 Å². The van der Waals surface area contributed by atoms with Crippen LogP contribution in [0.25, 0.3) is 0 Å². The second-order valence-corrected chi connectivity index (χ2v) is 3.86. The lowest BCUT2D eigenvalue weighted by atomic mass is 10.3. The molecule has 0 unspecified atom stereocenters. The van der Waals surface area contributed by atoms with Crippen molar-refractivity contribution in [2.24, 2.45) is 0 Å².